The van der Waals surface area contributed by atoms with Crippen LogP contribution in [0.2, 0.25) is 0 Å². The van der Waals surface area contributed by atoms with Crippen molar-refractivity contribution in [2.75, 3.05) is 27.3 Å². The van der Waals surface area contributed by atoms with Crippen molar-refractivity contribution < 1.29 is 18.7 Å². The van der Waals surface area contributed by atoms with Crippen LogP contribution in [-0.4, -0.2) is 56.4 Å². The number of nitrogens with zero attached hydrogens (tertiary/aromatic N) is 1. The van der Waals surface area contributed by atoms with Gasteiger partial charge in [-0.05, 0) is 42.3 Å². The van der Waals surface area contributed by atoms with Crippen molar-refractivity contribution in [3.05, 3.63) is 71.0 Å². The summed E-state index contributed by atoms with van der Waals surface area (Å²) in [6.07, 6.45) is 0.760. The summed E-state index contributed by atoms with van der Waals surface area (Å²) in [5.41, 5.74) is 3.22. The molecule has 1 N–H and O–H groups in total. The van der Waals surface area contributed by atoms with Crippen molar-refractivity contribution in [2.24, 2.45) is 0 Å². The fraction of sp³-hybridized carbons (Fsp3) is 0.435. The van der Waals surface area contributed by atoms with E-state index in [1.54, 1.807) is 19.2 Å². The molecule has 1 amide bonds. The molecule has 4 rings (SSSR count). The second-order valence-corrected chi connectivity index (χ2v) is 7.66. The average molecular weight is 398 g/mol. The molecular weight excluding hydrogens is 371 g/mol. The minimum Gasteiger partial charge on any atom is -0.377 e. The van der Waals surface area contributed by atoms with Crippen molar-refractivity contribution >= 4 is 5.91 Å². The Bertz CT molecular complexity index is 857. The molecule has 2 aliphatic rings. The average Bonchev–Trinajstić information content (AvgIpc) is 2.78. The molecule has 0 unspecified atom stereocenters. The van der Waals surface area contributed by atoms with Crippen LogP contribution in [-0.2, 0) is 20.7 Å². The molecule has 5 nitrogen and oxygen atoms in total. The number of carbonyl (C=O) groups is 1. The van der Waals surface area contributed by atoms with Gasteiger partial charge in [-0.2, -0.15) is 0 Å². The number of methoxy groups -OCH3 is 1. The lowest BCUT2D eigenvalue weighted by Crippen LogP contribution is -2.54. The van der Waals surface area contributed by atoms with Crippen molar-refractivity contribution in [1.29, 1.82) is 0 Å². The van der Waals surface area contributed by atoms with E-state index < -0.39 is 6.10 Å². The third-order valence-electron chi connectivity index (χ3n) is 6.08. The summed E-state index contributed by atoms with van der Waals surface area (Å²) in [4.78, 5) is 15.4. The van der Waals surface area contributed by atoms with Crippen LogP contribution >= 0.6 is 0 Å². The molecule has 154 valence electrons. The normalized spacial score (nSPS) is 26.8. The van der Waals surface area contributed by atoms with Gasteiger partial charge in [-0.15, -0.1) is 0 Å². The zero-order valence-corrected chi connectivity index (χ0v) is 16.8. The molecule has 29 heavy (non-hydrogen) atoms. The molecule has 4 atom stereocenters. The number of ether oxygens (including phenoxy) is 2. The van der Waals surface area contributed by atoms with Crippen LogP contribution in [0.4, 0.5) is 4.39 Å². The first kappa shape index (κ1) is 20.0. The lowest BCUT2D eigenvalue weighted by atomic mass is 9.87. The zero-order chi connectivity index (χ0) is 20.4. The van der Waals surface area contributed by atoms with Gasteiger partial charge in [-0.3, -0.25) is 4.79 Å². The molecule has 1 saturated heterocycles. The summed E-state index contributed by atoms with van der Waals surface area (Å²) in [5.74, 6) is -0.308. The van der Waals surface area contributed by atoms with Gasteiger partial charge in [-0.1, -0.05) is 36.4 Å². The van der Waals surface area contributed by atoms with E-state index in [4.69, 9.17) is 9.47 Å². The van der Waals surface area contributed by atoms with Crippen LogP contribution in [0.5, 0.6) is 0 Å². The lowest BCUT2D eigenvalue weighted by molar-refractivity contribution is -0.157. The molecule has 0 saturated carbocycles. The predicted molar refractivity (Wildman–Crippen MR) is 108 cm³/mol. The number of amides is 1. The van der Waals surface area contributed by atoms with E-state index in [-0.39, 0.29) is 29.9 Å². The van der Waals surface area contributed by atoms with Crippen LogP contribution in [0.3, 0.4) is 0 Å². The Morgan fingerprint density at radius 3 is 2.69 bits per heavy atom. The first-order valence-electron chi connectivity index (χ1n) is 10.1. The topological polar surface area (TPSA) is 50.8 Å². The summed E-state index contributed by atoms with van der Waals surface area (Å²) in [6.45, 7) is 0.986. The van der Waals surface area contributed by atoms with Crippen LogP contribution in [0.1, 0.15) is 29.2 Å². The highest BCUT2D eigenvalue weighted by atomic mass is 19.1. The summed E-state index contributed by atoms with van der Waals surface area (Å²) in [5, 5.41) is 3.24. The monoisotopic (exact) mass is 398 g/mol. The minimum absolute atomic E-state index is 0.0244. The summed E-state index contributed by atoms with van der Waals surface area (Å²) < 4.78 is 24.9. The van der Waals surface area contributed by atoms with Gasteiger partial charge in [0.05, 0.1) is 18.8 Å². The molecule has 2 heterocycles. The van der Waals surface area contributed by atoms with Crippen molar-refractivity contribution in [3.8, 4) is 0 Å². The number of hydrogen-bond acceptors (Lipinski definition) is 4. The van der Waals surface area contributed by atoms with E-state index >= 15 is 0 Å². The van der Waals surface area contributed by atoms with Gasteiger partial charge in [0.2, 0.25) is 0 Å². The molecule has 2 aromatic rings. The number of carbonyl (C=O) groups excluding carboxylic acids is 1. The third kappa shape index (κ3) is 3.92. The van der Waals surface area contributed by atoms with E-state index in [9.17, 15) is 9.18 Å². The summed E-state index contributed by atoms with van der Waals surface area (Å²) in [7, 11) is 3.54. The highest BCUT2D eigenvalue weighted by molar-refractivity contribution is 5.82. The van der Waals surface area contributed by atoms with Gasteiger partial charge in [0.1, 0.15) is 11.9 Å². The first-order chi connectivity index (χ1) is 14.1. The largest absolute Gasteiger partial charge is 0.377 e. The number of fused-ring (bicyclic) bond motifs is 1. The van der Waals surface area contributed by atoms with Gasteiger partial charge in [-0.25, -0.2) is 4.39 Å². The smallest absolute Gasteiger partial charge is 0.252 e. The number of hydrogen-bond donors (Lipinski definition) is 1. The molecule has 0 aliphatic carbocycles. The Morgan fingerprint density at radius 1 is 1.21 bits per heavy atom. The number of halogens is 1. The fourth-order valence-electron chi connectivity index (χ4n) is 4.48. The van der Waals surface area contributed by atoms with Crippen molar-refractivity contribution in [3.63, 3.8) is 0 Å². The second kappa shape index (κ2) is 8.61. The van der Waals surface area contributed by atoms with Crippen molar-refractivity contribution in [1.82, 2.24) is 10.2 Å². The molecule has 0 bridgehead atoms. The van der Waals surface area contributed by atoms with E-state index in [0.29, 0.717) is 19.6 Å². The van der Waals surface area contributed by atoms with E-state index in [0.717, 1.165) is 17.5 Å². The zero-order valence-electron chi connectivity index (χ0n) is 16.8. The Kier molecular flexibility index (Phi) is 5.94. The minimum atomic E-state index is -0.521. The lowest BCUT2D eigenvalue weighted by Gasteiger charge is -2.42. The molecule has 0 aromatic heterocycles. The molecule has 6 heteroatoms. The second-order valence-electron chi connectivity index (χ2n) is 7.66. The van der Waals surface area contributed by atoms with Crippen molar-refractivity contribution in [2.45, 2.75) is 37.1 Å². The van der Waals surface area contributed by atoms with Gasteiger partial charge in [0.25, 0.3) is 5.91 Å². The molecular formula is C23H27FN2O3. The fourth-order valence-corrected chi connectivity index (χ4v) is 4.48. The van der Waals surface area contributed by atoms with E-state index in [1.807, 2.05) is 24.1 Å². The van der Waals surface area contributed by atoms with E-state index in [1.165, 1.54) is 17.7 Å². The van der Waals surface area contributed by atoms with Crippen LogP contribution in [0.15, 0.2) is 48.5 Å². The number of rotatable bonds is 4. The number of nitrogens with one attached hydrogen (secondary N) is 1. The Labute approximate surface area is 170 Å². The Morgan fingerprint density at radius 2 is 1.97 bits per heavy atom. The van der Waals surface area contributed by atoms with Gasteiger partial charge in [0.15, 0.2) is 0 Å². The molecule has 1 fully saturated rings. The SMILES string of the molecule is CN[C@H]1C[C@H](C(=O)N2CCc3ccccc3[C@@H]2c2ccc(F)cc2)OC[C@@H]1OC. The molecule has 2 aromatic carbocycles. The predicted octanol–water partition coefficient (Wildman–Crippen LogP) is 2.69. The highest BCUT2D eigenvalue weighted by Crippen LogP contribution is 2.36. The van der Waals surface area contributed by atoms with Crippen LogP contribution in [0, 0.1) is 5.82 Å². The van der Waals surface area contributed by atoms with Crippen LogP contribution in [0.25, 0.3) is 0 Å². The Balaban J connectivity index is 1.64. The molecule has 0 radical (unpaired) electrons. The van der Waals surface area contributed by atoms with E-state index in [2.05, 4.69) is 17.4 Å². The van der Waals surface area contributed by atoms with Gasteiger partial charge >= 0.3 is 0 Å². The molecule has 0 spiro atoms. The summed E-state index contributed by atoms with van der Waals surface area (Å²) in [6, 6.07) is 14.4. The Hall–Kier alpha value is -2.28. The molecule has 2 aliphatic heterocycles. The number of likely N-dealkylation sites (N-methyl/N-ethyl adjacent to an activating group) is 1. The standard InChI is InChI=1S/C23H27FN2O3/c1-25-19-13-20(29-14-21(19)28-2)23(27)26-12-11-15-5-3-4-6-18(15)22(26)16-7-9-17(24)10-8-16/h3-10,19-22,25H,11-14H2,1-2H3/t19-,20+,21-,22-/m0/s1. The third-order valence-corrected chi connectivity index (χ3v) is 6.08. The maximum atomic E-state index is 13.5. The quantitative estimate of drug-likeness (QED) is 0.861. The van der Waals surface area contributed by atoms with Gasteiger partial charge in [0, 0.05) is 26.1 Å². The first-order valence-corrected chi connectivity index (χ1v) is 10.1. The maximum absolute atomic E-state index is 13.5. The highest BCUT2D eigenvalue weighted by Gasteiger charge is 2.40. The van der Waals surface area contributed by atoms with Gasteiger partial charge < -0.3 is 19.7 Å². The van der Waals surface area contributed by atoms with Crippen LogP contribution < -0.4 is 5.32 Å². The number of benzene rings is 2. The summed E-state index contributed by atoms with van der Waals surface area (Å²) >= 11 is 0. The maximum Gasteiger partial charge on any atom is 0.252 e.